The lowest BCUT2D eigenvalue weighted by atomic mass is 9.51. The van der Waals surface area contributed by atoms with Crippen molar-refractivity contribution in [2.75, 3.05) is 11.9 Å². The zero-order valence-corrected chi connectivity index (χ0v) is 13.5. The Morgan fingerprint density at radius 3 is 2.85 bits per heavy atom. The summed E-state index contributed by atoms with van der Waals surface area (Å²) in [5, 5.41) is 4.61. The molecule has 1 spiro atoms. The minimum absolute atomic E-state index is 0.389. The summed E-state index contributed by atoms with van der Waals surface area (Å²) in [6, 6.07) is 0.535. The van der Waals surface area contributed by atoms with Crippen LogP contribution in [0.4, 0.5) is 5.13 Å². The molecule has 2 aliphatic carbocycles. The van der Waals surface area contributed by atoms with Crippen LogP contribution in [0.3, 0.4) is 0 Å². The fourth-order valence-electron chi connectivity index (χ4n) is 3.55. The Bertz CT molecular complexity index is 456. The van der Waals surface area contributed by atoms with E-state index in [9.17, 15) is 0 Å². The summed E-state index contributed by atoms with van der Waals surface area (Å²) in [6.45, 7) is 7.33. The molecule has 4 nitrogen and oxygen atoms in total. The van der Waals surface area contributed by atoms with E-state index in [1.54, 1.807) is 0 Å². The second-order valence-corrected chi connectivity index (χ2v) is 7.33. The third-order valence-electron chi connectivity index (χ3n) is 4.79. The highest BCUT2D eigenvalue weighted by Crippen LogP contribution is 2.58. The molecule has 1 N–H and O–H groups in total. The van der Waals surface area contributed by atoms with Gasteiger partial charge in [0.25, 0.3) is 0 Å². The second-order valence-electron chi connectivity index (χ2n) is 6.58. The van der Waals surface area contributed by atoms with Gasteiger partial charge < -0.3 is 10.1 Å². The molecule has 1 aromatic heterocycles. The molecule has 2 saturated carbocycles. The molecule has 0 amide bonds. The highest BCUT2D eigenvalue weighted by atomic mass is 32.1. The number of nitrogens with one attached hydrogen (secondary N) is 1. The Balaban J connectivity index is 1.60. The van der Waals surface area contributed by atoms with Crippen molar-refractivity contribution in [3.05, 3.63) is 5.82 Å². The van der Waals surface area contributed by atoms with Crippen molar-refractivity contribution in [3.63, 3.8) is 0 Å². The van der Waals surface area contributed by atoms with Gasteiger partial charge in [-0.25, -0.2) is 4.98 Å². The molecule has 2 fully saturated rings. The number of ether oxygens (including phenoxy) is 1. The Morgan fingerprint density at radius 2 is 2.25 bits per heavy atom. The number of rotatable bonds is 6. The second kappa shape index (κ2) is 5.60. The minimum atomic E-state index is 0.389. The Kier molecular flexibility index (Phi) is 4.00. The molecule has 5 heteroatoms. The van der Waals surface area contributed by atoms with Crippen LogP contribution in [0, 0.1) is 11.3 Å². The van der Waals surface area contributed by atoms with Crippen LogP contribution in [0.15, 0.2) is 0 Å². The molecule has 2 atom stereocenters. The van der Waals surface area contributed by atoms with Gasteiger partial charge in [0, 0.05) is 36.0 Å². The average molecular weight is 295 g/mol. The fourth-order valence-corrected chi connectivity index (χ4v) is 4.20. The smallest absolute Gasteiger partial charge is 0.202 e. The number of hydrogen-bond acceptors (Lipinski definition) is 5. The van der Waals surface area contributed by atoms with Gasteiger partial charge in [0.15, 0.2) is 0 Å². The Labute approximate surface area is 125 Å². The van der Waals surface area contributed by atoms with E-state index < -0.39 is 0 Å². The first-order valence-electron chi connectivity index (χ1n) is 7.85. The number of hydrogen-bond donors (Lipinski definition) is 1. The van der Waals surface area contributed by atoms with Crippen LogP contribution in [0.5, 0.6) is 0 Å². The highest BCUT2D eigenvalue weighted by Gasteiger charge is 2.59. The van der Waals surface area contributed by atoms with Crippen LogP contribution >= 0.6 is 11.5 Å². The van der Waals surface area contributed by atoms with Crippen LogP contribution in [0.25, 0.3) is 0 Å². The maximum absolute atomic E-state index is 5.89. The van der Waals surface area contributed by atoms with Crippen molar-refractivity contribution < 1.29 is 4.74 Å². The summed E-state index contributed by atoms with van der Waals surface area (Å²) < 4.78 is 10.3. The first-order chi connectivity index (χ1) is 9.64. The van der Waals surface area contributed by atoms with Crippen molar-refractivity contribution in [1.29, 1.82) is 0 Å². The predicted octanol–water partition coefficient (Wildman–Crippen LogP) is 3.50. The largest absolute Gasteiger partial charge is 0.378 e. The van der Waals surface area contributed by atoms with E-state index in [4.69, 9.17) is 4.74 Å². The van der Waals surface area contributed by atoms with Crippen LogP contribution in [-0.2, 0) is 11.2 Å². The lowest BCUT2D eigenvalue weighted by Gasteiger charge is -2.60. The molecule has 3 rings (SSSR count). The van der Waals surface area contributed by atoms with Crippen LogP contribution in [0.2, 0.25) is 0 Å². The monoisotopic (exact) mass is 295 g/mol. The summed E-state index contributed by atoms with van der Waals surface area (Å²) in [4.78, 5) is 4.62. The van der Waals surface area contributed by atoms with E-state index in [-0.39, 0.29) is 0 Å². The zero-order chi connectivity index (χ0) is 14.2. The summed E-state index contributed by atoms with van der Waals surface area (Å²) in [5.74, 6) is 1.59. The van der Waals surface area contributed by atoms with Crippen molar-refractivity contribution in [3.8, 4) is 0 Å². The summed E-state index contributed by atoms with van der Waals surface area (Å²) in [7, 11) is 0. The van der Waals surface area contributed by atoms with E-state index in [1.807, 2.05) is 0 Å². The molecule has 0 saturated heterocycles. The van der Waals surface area contributed by atoms with Crippen LogP contribution in [0.1, 0.15) is 52.3 Å². The molecule has 2 aliphatic rings. The summed E-state index contributed by atoms with van der Waals surface area (Å²) in [6.07, 6.45) is 6.49. The number of nitrogens with zero attached hydrogens (tertiary/aromatic N) is 2. The van der Waals surface area contributed by atoms with Gasteiger partial charge in [-0.3, -0.25) is 0 Å². The molecule has 112 valence electrons. The van der Waals surface area contributed by atoms with Gasteiger partial charge in [0.05, 0.1) is 6.10 Å². The van der Waals surface area contributed by atoms with E-state index in [2.05, 4.69) is 35.4 Å². The van der Waals surface area contributed by atoms with Gasteiger partial charge in [0.1, 0.15) is 5.82 Å². The molecule has 0 aliphatic heterocycles. The Hall–Kier alpha value is -0.680. The quantitative estimate of drug-likeness (QED) is 0.872. The van der Waals surface area contributed by atoms with E-state index in [0.29, 0.717) is 23.5 Å². The van der Waals surface area contributed by atoms with Gasteiger partial charge in [0.2, 0.25) is 5.13 Å². The third-order valence-corrected chi connectivity index (χ3v) is 5.48. The molecular weight excluding hydrogens is 270 g/mol. The summed E-state index contributed by atoms with van der Waals surface area (Å²) >= 11 is 1.51. The first-order valence-corrected chi connectivity index (χ1v) is 8.62. The minimum Gasteiger partial charge on any atom is -0.378 e. The molecule has 0 bridgehead atoms. The van der Waals surface area contributed by atoms with E-state index >= 15 is 0 Å². The van der Waals surface area contributed by atoms with Crippen molar-refractivity contribution in [1.82, 2.24) is 9.36 Å². The average Bonchev–Trinajstić information content (AvgIpc) is 2.72. The predicted molar refractivity (Wildman–Crippen MR) is 82.2 cm³/mol. The van der Waals surface area contributed by atoms with Crippen molar-refractivity contribution in [2.24, 2.45) is 11.3 Å². The molecular formula is C15H25N3OS. The van der Waals surface area contributed by atoms with Gasteiger partial charge in [-0.05, 0) is 32.1 Å². The van der Waals surface area contributed by atoms with Crippen LogP contribution < -0.4 is 5.32 Å². The third kappa shape index (κ3) is 2.46. The van der Waals surface area contributed by atoms with Crippen molar-refractivity contribution in [2.45, 2.75) is 65.0 Å². The standard InChI is InChI=1S/C15H25N3OS/c1-4-19-12-9-11(15(12)6-5-7-15)16-14-17-13(18-20-14)8-10(2)3/h10-12H,4-9H2,1-3H3,(H,16,17,18). The fraction of sp³-hybridized carbons (Fsp3) is 0.867. The molecule has 1 aromatic rings. The molecule has 0 aromatic carbocycles. The van der Waals surface area contributed by atoms with Gasteiger partial charge in [-0.1, -0.05) is 20.3 Å². The molecule has 1 heterocycles. The van der Waals surface area contributed by atoms with Crippen molar-refractivity contribution >= 4 is 16.7 Å². The lowest BCUT2D eigenvalue weighted by Crippen LogP contribution is -2.64. The molecule has 2 unspecified atom stereocenters. The number of anilines is 1. The zero-order valence-electron chi connectivity index (χ0n) is 12.7. The van der Waals surface area contributed by atoms with Gasteiger partial charge in [-0.2, -0.15) is 4.37 Å². The van der Waals surface area contributed by atoms with Gasteiger partial charge in [-0.15, -0.1) is 0 Å². The molecule has 20 heavy (non-hydrogen) atoms. The maximum Gasteiger partial charge on any atom is 0.202 e. The first kappa shape index (κ1) is 14.3. The van der Waals surface area contributed by atoms with E-state index in [0.717, 1.165) is 30.4 Å². The summed E-state index contributed by atoms with van der Waals surface area (Å²) in [5.41, 5.74) is 0.389. The Morgan fingerprint density at radius 1 is 1.45 bits per heavy atom. The maximum atomic E-state index is 5.89. The molecule has 0 radical (unpaired) electrons. The van der Waals surface area contributed by atoms with Crippen LogP contribution in [-0.4, -0.2) is 28.1 Å². The normalized spacial score (nSPS) is 27.4. The van der Waals surface area contributed by atoms with Gasteiger partial charge >= 0.3 is 0 Å². The topological polar surface area (TPSA) is 47.0 Å². The highest BCUT2D eigenvalue weighted by molar-refractivity contribution is 7.09. The van der Waals surface area contributed by atoms with E-state index in [1.165, 1.54) is 30.8 Å². The lowest BCUT2D eigenvalue weighted by molar-refractivity contribution is -0.157. The number of aromatic nitrogens is 2. The SMILES string of the molecule is CCOC1CC(Nc2nc(CC(C)C)ns2)C12CCC2.